The molecule has 0 spiro atoms. The van der Waals surface area contributed by atoms with Crippen molar-refractivity contribution in [1.29, 1.82) is 0 Å². The highest BCUT2D eigenvalue weighted by atomic mass is 19.1. The van der Waals surface area contributed by atoms with Crippen molar-refractivity contribution < 1.29 is 4.39 Å². The molecule has 0 bridgehead atoms. The third-order valence-corrected chi connectivity index (χ3v) is 7.32. The first-order chi connectivity index (χ1) is 15.0. The minimum absolute atomic E-state index is 0.0126. The Morgan fingerprint density at radius 2 is 0.750 bits per heavy atom. The maximum Gasteiger partial charge on any atom is 0.134 e. The van der Waals surface area contributed by atoms with Crippen LogP contribution in [0.5, 0.6) is 0 Å². The van der Waals surface area contributed by atoms with E-state index in [9.17, 15) is 0 Å². The third-order valence-electron chi connectivity index (χ3n) is 7.32. The van der Waals surface area contributed by atoms with Gasteiger partial charge < -0.3 is 0 Å². The Kier molecular flexibility index (Phi) is 5.76. The molecule has 0 aliphatic rings. The Morgan fingerprint density at radius 1 is 0.406 bits per heavy atom. The molecular formula is C31H39F. The first kappa shape index (κ1) is 23.0. The smallest absolute Gasteiger partial charge is 0.134 e. The van der Waals surface area contributed by atoms with E-state index in [0.29, 0.717) is 17.8 Å². The van der Waals surface area contributed by atoms with E-state index in [1.54, 1.807) is 0 Å². The number of benzene rings is 4. The minimum Gasteiger partial charge on any atom is -0.206 e. The molecule has 0 atom stereocenters. The van der Waals surface area contributed by atoms with Gasteiger partial charge in [-0.1, -0.05) is 75.3 Å². The van der Waals surface area contributed by atoms with Crippen LogP contribution >= 0.6 is 0 Å². The summed E-state index contributed by atoms with van der Waals surface area (Å²) in [6.45, 7) is 22.3. The molecule has 0 heterocycles. The van der Waals surface area contributed by atoms with Crippen LogP contribution in [0.25, 0.3) is 32.3 Å². The summed E-state index contributed by atoms with van der Waals surface area (Å²) in [5.74, 6) is 1.59. The van der Waals surface area contributed by atoms with Gasteiger partial charge >= 0.3 is 0 Å². The summed E-state index contributed by atoms with van der Waals surface area (Å²) in [6, 6.07) is 9.33. The molecule has 0 N–H and O–H groups in total. The van der Waals surface area contributed by atoms with Gasteiger partial charge in [-0.2, -0.15) is 0 Å². The summed E-state index contributed by atoms with van der Waals surface area (Å²) in [6.07, 6.45) is 0. The van der Waals surface area contributed by atoms with E-state index in [1.165, 1.54) is 38.2 Å². The van der Waals surface area contributed by atoms with Gasteiger partial charge in [0.05, 0.1) is 0 Å². The second-order valence-electron chi connectivity index (χ2n) is 11.3. The molecule has 0 amide bonds. The van der Waals surface area contributed by atoms with Gasteiger partial charge in [-0.05, 0) is 97.2 Å². The maximum absolute atomic E-state index is 16.2. The summed E-state index contributed by atoms with van der Waals surface area (Å²) < 4.78 is 16.2. The van der Waals surface area contributed by atoms with Gasteiger partial charge in [-0.25, -0.2) is 4.39 Å². The van der Waals surface area contributed by atoms with Crippen LogP contribution in [-0.4, -0.2) is 0 Å². The highest BCUT2D eigenvalue weighted by Crippen LogP contribution is 2.48. The Hall–Kier alpha value is -2.15. The Bertz CT molecular complexity index is 1270. The highest BCUT2D eigenvalue weighted by Gasteiger charge is 2.26. The quantitative estimate of drug-likeness (QED) is 0.276. The molecule has 32 heavy (non-hydrogen) atoms. The van der Waals surface area contributed by atoms with Crippen molar-refractivity contribution in [2.75, 3.05) is 0 Å². The van der Waals surface area contributed by atoms with Crippen LogP contribution in [0.4, 0.5) is 4.39 Å². The van der Waals surface area contributed by atoms with Crippen LogP contribution in [0.2, 0.25) is 0 Å². The molecule has 0 aliphatic carbocycles. The van der Waals surface area contributed by atoms with Gasteiger partial charge in [0.2, 0.25) is 0 Å². The number of hydrogen-bond donors (Lipinski definition) is 0. The summed E-state index contributed by atoms with van der Waals surface area (Å²) in [5.41, 5.74) is 6.09. The van der Waals surface area contributed by atoms with Crippen molar-refractivity contribution in [2.24, 2.45) is 0 Å². The SMILES string of the molecule is CC(C)c1cc2c(C(C)C)cc3c(C(C)C)cc(C(C)C)c4cc(C(C)C)c(c1F)c2c34. The third kappa shape index (κ3) is 3.31. The lowest BCUT2D eigenvalue weighted by molar-refractivity contribution is 0.608. The van der Waals surface area contributed by atoms with Crippen molar-refractivity contribution >= 4 is 32.3 Å². The molecule has 0 unspecified atom stereocenters. The molecule has 0 radical (unpaired) electrons. The maximum atomic E-state index is 16.2. The molecule has 170 valence electrons. The lowest BCUT2D eigenvalue weighted by Crippen LogP contribution is -2.06. The fourth-order valence-electron chi connectivity index (χ4n) is 5.54. The average Bonchev–Trinajstić information content (AvgIpc) is 2.70. The topological polar surface area (TPSA) is 0 Å². The molecule has 0 aliphatic heterocycles. The van der Waals surface area contributed by atoms with Gasteiger partial charge in [0.1, 0.15) is 5.82 Å². The summed E-state index contributed by atoms with van der Waals surface area (Å²) >= 11 is 0. The summed E-state index contributed by atoms with van der Waals surface area (Å²) in [4.78, 5) is 0. The predicted octanol–water partition coefficient (Wildman–Crippen LogP) is 10.3. The van der Waals surface area contributed by atoms with Crippen LogP contribution in [-0.2, 0) is 0 Å². The number of rotatable bonds is 5. The van der Waals surface area contributed by atoms with Crippen LogP contribution in [0.1, 0.15) is 127 Å². The molecule has 1 heteroatoms. The molecular weight excluding hydrogens is 391 g/mol. The van der Waals surface area contributed by atoms with Crippen molar-refractivity contribution in [3.8, 4) is 0 Å². The van der Waals surface area contributed by atoms with Crippen molar-refractivity contribution in [1.82, 2.24) is 0 Å². The fourth-order valence-corrected chi connectivity index (χ4v) is 5.54. The van der Waals surface area contributed by atoms with Gasteiger partial charge in [0, 0.05) is 10.8 Å². The van der Waals surface area contributed by atoms with E-state index in [4.69, 9.17) is 0 Å². The van der Waals surface area contributed by atoms with E-state index in [1.807, 2.05) is 0 Å². The second-order valence-corrected chi connectivity index (χ2v) is 11.3. The van der Waals surface area contributed by atoms with Crippen molar-refractivity contribution in [3.05, 3.63) is 57.9 Å². The fraction of sp³-hybridized carbons (Fsp3) is 0.484. The van der Waals surface area contributed by atoms with E-state index < -0.39 is 0 Å². The van der Waals surface area contributed by atoms with Crippen LogP contribution in [0, 0.1) is 5.82 Å². The van der Waals surface area contributed by atoms with Crippen molar-refractivity contribution in [2.45, 2.75) is 98.8 Å². The first-order valence-electron chi connectivity index (χ1n) is 12.5. The monoisotopic (exact) mass is 430 g/mol. The molecule has 4 rings (SSSR count). The van der Waals surface area contributed by atoms with E-state index >= 15 is 4.39 Å². The van der Waals surface area contributed by atoms with Crippen LogP contribution in [0.3, 0.4) is 0 Å². The van der Waals surface area contributed by atoms with Crippen LogP contribution in [0.15, 0.2) is 24.3 Å². The summed E-state index contributed by atoms with van der Waals surface area (Å²) in [7, 11) is 0. The normalized spacial score (nSPS) is 13.0. The lowest BCUT2D eigenvalue weighted by Gasteiger charge is -2.26. The molecule has 4 aromatic rings. The minimum atomic E-state index is -0.0126. The zero-order valence-corrected chi connectivity index (χ0v) is 21.6. The van der Waals surface area contributed by atoms with Gasteiger partial charge in [0.25, 0.3) is 0 Å². The molecule has 0 aromatic heterocycles. The Labute approximate surface area is 193 Å². The van der Waals surface area contributed by atoms with Crippen LogP contribution < -0.4 is 0 Å². The zero-order chi connectivity index (χ0) is 23.6. The molecule has 0 saturated carbocycles. The highest BCUT2D eigenvalue weighted by molar-refractivity contribution is 6.26. The van der Waals surface area contributed by atoms with E-state index in [2.05, 4.69) is 93.5 Å². The molecule has 0 nitrogen and oxygen atoms in total. The number of halogens is 1. The van der Waals surface area contributed by atoms with Gasteiger partial charge in [0.15, 0.2) is 0 Å². The van der Waals surface area contributed by atoms with Gasteiger partial charge in [-0.15, -0.1) is 0 Å². The Balaban J connectivity index is 2.44. The van der Waals surface area contributed by atoms with Crippen molar-refractivity contribution in [3.63, 3.8) is 0 Å². The number of hydrogen-bond acceptors (Lipinski definition) is 0. The van der Waals surface area contributed by atoms with E-state index in [0.717, 1.165) is 21.9 Å². The second kappa shape index (κ2) is 8.01. The zero-order valence-electron chi connectivity index (χ0n) is 21.6. The lowest BCUT2D eigenvalue weighted by atomic mass is 9.78. The average molecular weight is 431 g/mol. The molecule has 4 aromatic carbocycles. The predicted molar refractivity (Wildman–Crippen MR) is 141 cm³/mol. The summed E-state index contributed by atoms with van der Waals surface area (Å²) in [5, 5.41) is 7.15. The largest absolute Gasteiger partial charge is 0.206 e. The standard InChI is InChI=1S/C31H39F/c1-15(2)20-11-21(16(3)4)26-13-23(18(7)8)30-29-27(14-24(19(9)10)31(30)32)22(17(5)6)12-25(20)28(26)29/h11-19H,1-10H3. The van der Waals surface area contributed by atoms with Gasteiger partial charge in [-0.3, -0.25) is 0 Å². The molecule has 0 saturated heterocycles. The molecule has 0 fully saturated rings. The van der Waals surface area contributed by atoms with E-state index in [-0.39, 0.29) is 17.7 Å². The Morgan fingerprint density at radius 3 is 1.19 bits per heavy atom. The first-order valence-corrected chi connectivity index (χ1v) is 12.5.